The van der Waals surface area contributed by atoms with Crippen molar-refractivity contribution < 1.29 is 14.7 Å². The molecule has 2 heterocycles. The van der Waals surface area contributed by atoms with E-state index in [0.717, 1.165) is 9.88 Å². The lowest BCUT2D eigenvalue weighted by molar-refractivity contribution is -0.139. The predicted molar refractivity (Wildman–Crippen MR) is 88.5 cm³/mol. The first kappa shape index (κ1) is 16.6. The number of nitrogens with zero attached hydrogens (tertiary/aromatic N) is 1. The molecule has 2 aromatic rings. The second kappa shape index (κ2) is 7.02. The summed E-state index contributed by atoms with van der Waals surface area (Å²) >= 11 is 2.85. The Bertz CT molecular complexity index is 662. The molecule has 0 saturated heterocycles. The van der Waals surface area contributed by atoms with E-state index in [1.54, 1.807) is 18.3 Å². The highest BCUT2D eigenvalue weighted by molar-refractivity contribution is 7.22. The van der Waals surface area contributed by atoms with Crippen LogP contribution in [0.4, 0.5) is 0 Å². The van der Waals surface area contributed by atoms with Gasteiger partial charge in [-0.2, -0.15) is 0 Å². The van der Waals surface area contributed by atoms with Gasteiger partial charge in [0.15, 0.2) is 0 Å². The molecule has 7 heteroatoms. The van der Waals surface area contributed by atoms with E-state index in [2.05, 4.69) is 10.3 Å². The minimum Gasteiger partial charge on any atom is -0.480 e. The number of carboxylic acid groups (broad SMARTS) is 1. The number of hydrogen-bond donors (Lipinski definition) is 2. The van der Waals surface area contributed by atoms with Gasteiger partial charge in [-0.1, -0.05) is 19.9 Å². The van der Waals surface area contributed by atoms with Crippen LogP contribution in [0.2, 0.25) is 0 Å². The highest BCUT2D eigenvalue weighted by Gasteiger charge is 2.24. The van der Waals surface area contributed by atoms with Crippen LogP contribution in [0.25, 0.3) is 9.88 Å². The van der Waals surface area contributed by atoms with E-state index in [9.17, 15) is 14.7 Å². The molecule has 0 saturated carbocycles. The number of carbonyl (C=O) groups is 2. The van der Waals surface area contributed by atoms with Crippen LogP contribution in [0.1, 0.15) is 35.6 Å². The van der Waals surface area contributed by atoms with Crippen molar-refractivity contribution in [3.63, 3.8) is 0 Å². The lowest BCUT2D eigenvalue weighted by Crippen LogP contribution is -2.41. The third-order valence-corrected chi connectivity index (χ3v) is 5.24. The van der Waals surface area contributed by atoms with E-state index in [1.165, 1.54) is 11.3 Å². The number of aliphatic carboxylic acids is 1. The minimum absolute atomic E-state index is 0.186. The van der Waals surface area contributed by atoms with Crippen molar-refractivity contribution in [2.75, 3.05) is 0 Å². The van der Waals surface area contributed by atoms with Crippen LogP contribution in [0.15, 0.2) is 17.5 Å². The number of thiophene rings is 1. The molecule has 2 rings (SSSR count). The number of aromatic nitrogens is 1. The Labute approximate surface area is 137 Å². The Morgan fingerprint density at radius 1 is 1.41 bits per heavy atom. The van der Waals surface area contributed by atoms with Crippen molar-refractivity contribution >= 4 is 34.6 Å². The van der Waals surface area contributed by atoms with Gasteiger partial charge >= 0.3 is 5.97 Å². The molecule has 0 fully saturated rings. The molecular weight excluding hydrogens is 320 g/mol. The number of amides is 1. The fraction of sp³-hybridized carbons (Fsp3) is 0.400. The molecule has 1 amide bonds. The van der Waals surface area contributed by atoms with Gasteiger partial charge in [-0.25, -0.2) is 9.78 Å². The normalized spacial score (nSPS) is 12.4. The van der Waals surface area contributed by atoms with E-state index < -0.39 is 12.0 Å². The number of thiazole rings is 1. The van der Waals surface area contributed by atoms with Gasteiger partial charge in [-0.05, 0) is 30.7 Å². The van der Waals surface area contributed by atoms with E-state index in [-0.39, 0.29) is 11.8 Å². The van der Waals surface area contributed by atoms with Crippen LogP contribution in [-0.2, 0) is 4.79 Å². The molecule has 0 aromatic carbocycles. The molecule has 0 aliphatic rings. The van der Waals surface area contributed by atoms with Crippen molar-refractivity contribution in [1.29, 1.82) is 0 Å². The van der Waals surface area contributed by atoms with Gasteiger partial charge < -0.3 is 10.4 Å². The number of hydrogen-bond acceptors (Lipinski definition) is 5. The molecule has 118 valence electrons. The Morgan fingerprint density at radius 2 is 2.14 bits per heavy atom. The first-order chi connectivity index (χ1) is 10.4. The molecule has 22 heavy (non-hydrogen) atoms. The van der Waals surface area contributed by atoms with E-state index in [4.69, 9.17) is 0 Å². The Morgan fingerprint density at radius 3 is 2.68 bits per heavy atom. The van der Waals surface area contributed by atoms with Gasteiger partial charge in [0, 0.05) is 0 Å². The van der Waals surface area contributed by atoms with E-state index in [1.807, 2.05) is 31.4 Å². The molecule has 0 spiro atoms. The third kappa shape index (κ3) is 3.92. The average Bonchev–Trinajstić information content (AvgIpc) is 3.05. The summed E-state index contributed by atoms with van der Waals surface area (Å²) in [7, 11) is 0. The monoisotopic (exact) mass is 338 g/mol. The second-order valence-electron chi connectivity index (χ2n) is 5.40. The maximum atomic E-state index is 12.3. The zero-order chi connectivity index (χ0) is 16.3. The summed E-state index contributed by atoms with van der Waals surface area (Å²) in [6.07, 6.45) is 0.400. The minimum atomic E-state index is -1.01. The maximum absolute atomic E-state index is 12.3. The summed E-state index contributed by atoms with van der Waals surface area (Å²) in [6.45, 7) is 5.62. The SMILES string of the molecule is Cc1nc(-c2cccs2)sc1C(=O)N[C@H](CC(C)C)C(=O)O. The Kier molecular flexibility index (Phi) is 5.31. The largest absolute Gasteiger partial charge is 0.480 e. The number of carbonyl (C=O) groups excluding carboxylic acids is 1. The zero-order valence-corrected chi connectivity index (χ0v) is 14.3. The maximum Gasteiger partial charge on any atom is 0.326 e. The molecule has 0 radical (unpaired) electrons. The average molecular weight is 338 g/mol. The first-order valence-electron chi connectivity index (χ1n) is 6.93. The highest BCUT2D eigenvalue weighted by Crippen LogP contribution is 2.31. The van der Waals surface area contributed by atoms with Gasteiger partial charge in [0.2, 0.25) is 0 Å². The first-order valence-corrected chi connectivity index (χ1v) is 8.63. The summed E-state index contributed by atoms with van der Waals surface area (Å²) in [4.78, 5) is 29.5. The van der Waals surface area contributed by atoms with Crippen molar-refractivity contribution in [3.05, 3.63) is 28.1 Å². The summed E-state index contributed by atoms with van der Waals surface area (Å²) in [5.41, 5.74) is 0.625. The molecule has 0 aliphatic carbocycles. The zero-order valence-electron chi connectivity index (χ0n) is 12.6. The molecule has 0 unspecified atom stereocenters. The molecule has 2 aromatic heterocycles. The van der Waals surface area contributed by atoms with Gasteiger partial charge in [0.1, 0.15) is 15.9 Å². The molecule has 5 nitrogen and oxygen atoms in total. The summed E-state index contributed by atoms with van der Waals surface area (Å²) < 4.78 is 0. The highest BCUT2D eigenvalue weighted by atomic mass is 32.1. The Balaban J connectivity index is 2.17. The fourth-order valence-electron chi connectivity index (χ4n) is 2.03. The van der Waals surface area contributed by atoms with Crippen LogP contribution >= 0.6 is 22.7 Å². The van der Waals surface area contributed by atoms with Gasteiger partial charge in [-0.3, -0.25) is 4.79 Å². The number of rotatable bonds is 6. The van der Waals surface area contributed by atoms with Crippen molar-refractivity contribution in [2.45, 2.75) is 33.2 Å². The lowest BCUT2D eigenvalue weighted by Gasteiger charge is -2.15. The predicted octanol–water partition coefficient (Wildman–Crippen LogP) is 3.41. The van der Waals surface area contributed by atoms with Gasteiger partial charge in [0.25, 0.3) is 5.91 Å². The van der Waals surface area contributed by atoms with Crippen LogP contribution < -0.4 is 5.32 Å². The van der Waals surface area contributed by atoms with Crippen LogP contribution in [-0.4, -0.2) is 28.0 Å². The summed E-state index contributed by atoms with van der Waals surface area (Å²) in [5, 5.41) is 14.6. The summed E-state index contributed by atoms with van der Waals surface area (Å²) in [5.74, 6) is -1.20. The second-order valence-corrected chi connectivity index (χ2v) is 7.35. The van der Waals surface area contributed by atoms with Crippen molar-refractivity contribution in [1.82, 2.24) is 10.3 Å². The number of aryl methyl sites for hydroxylation is 1. The van der Waals surface area contributed by atoms with Crippen LogP contribution in [0.5, 0.6) is 0 Å². The van der Waals surface area contributed by atoms with Gasteiger partial charge in [-0.15, -0.1) is 22.7 Å². The standard InChI is InChI=1S/C15H18N2O3S2/c1-8(2)7-10(15(19)20)17-13(18)12-9(3)16-14(22-12)11-5-4-6-21-11/h4-6,8,10H,7H2,1-3H3,(H,17,18)(H,19,20)/t10-/m1/s1. The molecule has 1 atom stereocenters. The third-order valence-electron chi connectivity index (χ3n) is 3.05. The summed E-state index contributed by atoms with van der Waals surface area (Å²) in [6, 6.07) is 3.00. The van der Waals surface area contributed by atoms with Crippen LogP contribution in [0.3, 0.4) is 0 Å². The Hall–Kier alpha value is -1.73. The van der Waals surface area contributed by atoms with Crippen molar-refractivity contribution in [2.24, 2.45) is 5.92 Å². The molecule has 0 bridgehead atoms. The quantitative estimate of drug-likeness (QED) is 0.846. The molecule has 0 aliphatic heterocycles. The number of carboxylic acids is 1. The van der Waals surface area contributed by atoms with Crippen molar-refractivity contribution in [3.8, 4) is 9.88 Å². The lowest BCUT2D eigenvalue weighted by atomic mass is 10.0. The molecule has 2 N–H and O–H groups in total. The fourth-order valence-corrected chi connectivity index (χ4v) is 3.80. The smallest absolute Gasteiger partial charge is 0.326 e. The van der Waals surface area contributed by atoms with E-state index in [0.29, 0.717) is 17.0 Å². The van der Waals surface area contributed by atoms with Crippen LogP contribution in [0, 0.1) is 12.8 Å². The van der Waals surface area contributed by atoms with E-state index >= 15 is 0 Å². The van der Waals surface area contributed by atoms with Gasteiger partial charge in [0.05, 0.1) is 10.6 Å². The topological polar surface area (TPSA) is 79.3 Å². The molecular formula is C15H18N2O3S2. The number of nitrogens with one attached hydrogen (secondary N) is 1.